The van der Waals surface area contributed by atoms with Crippen LogP contribution in [0.4, 0.5) is 5.69 Å². The van der Waals surface area contributed by atoms with Gasteiger partial charge in [0.2, 0.25) is 11.8 Å². The van der Waals surface area contributed by atoms with Gasteiger partial charge in [-0.3, -0.25) is 9.59 Å². The second kappa shape index (κ2) is 5.81. The van der Waals surface area contributed by atoms with Crippen molar-refractivity contribution in [2.24, 2.45) is 0 Å². The molecule has 0 unspecified atom stereocenters. The van der Waals surface area contributed by atoms with Crippen LogP contribution in [0.2, 0.25) is 0 Å². The SMILES string of the molecule is Cc1nnc(S[C@H]2CC(=O)N(c3ccc(C)c(C)c3)C2=O)s1. The van der Waals surface area contributed by atoms with Crippen molar-refractivity contribution < 1.29 is 9.59 Å². The summed E-state index contributed by atoms with van der Waals surface area (Å²) in [6.07, 6.45) is 0.203. The van der Waals surface area contributed by atoms with Crippen molar-refractivity contribution in [3.63, 3.8) is 0 Å². The van der Waals surface area contributed by atoms with Crippen molar-refractivity contribution >= 4 is 40.6 Å². The molecule has 5 nitrogen and oxygen atoms in total. The van der Waals surface area contributed by atoms with Crippen molar-refractivity contribution in [3.05, 3.63) is 34.3 Å². The summed E-state index contributed by atoms with van der Waals surface area (Å²) in [6, 6.07) is 5.63. The molecular formula is C15H15N3O2S2. The zero-order chi connectivity index (χ0) is 15.9. The molecule has 7 heteroatoms. The fraction of sp³-hybridized carbons (Fsp3) is 0.333. The molecule has 2 amide bonds. The summed E-state index contributed by atoms with van der Waals surface area (Å²) in [4.78, 5) is 26.1. The van der Waals surface area contributed by atoms with Gasteiger partial charge in [-0.1, -0.05) is 29.2 Å². The Morgan fingerprint density at radius 2 is 1.95 bits per heavy atom. The van der Waals surface area contributed by atoms with Crippen LogP contribution in [0.3, 0.4) is 0 Å². The molecule has 0 saturated carbocycles. The van der Waals surface area contributed by atoms with Gasteiger partial charge in [-0.15, -0.1) is 10.2 Å². The minimum atomic E-state index is -0.415. The molecular weight excluding hydrogens is 318 g/mol. The molecule has 22 heavy (non-hydrogen) atoms. The molecule has 114 valence electrons. The van der Waals surface area contributed by atoms with Gasteiger partial charge in [-0.25, -0.2) is 4.90 Å². The third-order valence-corrected chi connectivity index (χ3v) is 5.71. The lowest BCUT2D eigenvalue weighted by Crippen LogP contribution is -2.31. The Kier molecular flexibility index (Phi) is 4.01. The molecule has 0 aliphatic carbocycles. The Hall–Kier alpha value is -1.73. The number of thioether (sulfide) groups is 1. The number of carbonyl (C=O) groups is 2. The normalized spacial score (nSPS) is 18.3. The first-order valence-electron chi connectivity index (χ1n) is 6.86. The summed E-state index contributed by atoms with van der Waals surface area (Å²) in [6.45, 7) is 5.84. The van der Waals surface area contributed by atoms with Crippen LogP contribution in [-0.4, -0.2) is 27.3 Å². The third kappa shape index (κ3) is 2.78. The summed E-state index contributed by atoms with van der Waals surface area (Å²) >= 11 is 2.76. The summed E-state index contributed by atoms with van der Waals surface area (Å²) in [5, 5.41) is 8.39. The van der Waals surface area contributed by atoms with E-state index in [1.165, 1.54) is 28.0 Å². The lowest BCUT2D eigenvalue weighted by atomic mass is 10.1. The van der Waals surface area contributed by atoms with E-state index < -0.39 is 5.25 Å². The van der Waals surface area contributed by atoms with E-state index in [0.29, 0.717) is 5.69 Å². The molecule has 0 spiro atoms. The molecule has 1 fully saturated rings. The summed E-state index contributed by atoms with van der Waals surface area (Å²) in [7, 11) is 0. The second-order valence-electron chi connectivity index (χ2n) is 5.23. The predicted octanol–water partition coefficient (Wildman–Crippen LogP) is 2.89. The standard InChI is InChI=1S/C15H15N3O2S2/c1-8-4-5-11(6-9(8)2)18-13(19)7-12(14(18)20)22-15-17-16-10(3)21-15/h4-6,12H,7H2,1-3H3/t12-/m0/s1. The predicted molar refractivity (Wildman–Crippen MR) is 87.3 cm³/mol. The summed E-state index contributed by atoms with van der Waals surface area (Å²) in [5.74, 6) is -0.335. The maximum atomic E-state index is 12.6. The maximum absolute atomic E-state index is 12.6. The Labute approximate surface area is 136 Å². The van der Waals surface area contributed by atoms with Crippen molar-refractivity contribution in [2.45, 2.75) is 36.8 Å². The molecule has 2 aromatic rings. The quantitative estimate of drug-likeness (QED) is 0.808. The van der Waals surface area contributed by atoms with Gasteiger partial charge >= 0.3 is 0 Å². The largest absolute Gasteiger partial charge is 0.274 e. The smallest absolute Gasteiger partial charge is 0.247 e. The minimum Gasteiger partial charge on any atom is -0.274 e. The lowest BCUT2D eigenvalue weighted by Gasteiger charge is -2.16. The summed E-state index contributed by atoms with van der Waals surface area (Å²) in [5.41, 5.74) is 2.85. The van der Waals surface area contributed by atoms with Crippen molar-refractivity contribution in [2.75, 3.05) is 4.90 Å². The van der Waals surface area contributed by atoms with E-state index in [4.69, 9.17) is 0 Å². The first kappa shape index (κ1) is 15.2. The Morgan fingerprint density at radius 3 is 2.59 bits per heavy atom. The molecule has 3 rings (SSSR count). The number of rotatable bonds is 3. The van der Waals surface area contributed by atoms with Gasteiger partial charge in [0.15, 0.2) is 4.34 Å². The van der Waals surface area contributed by atoms with Crippen molar-refractivity contribution in [1.82, 2.24) is 10.2 Å². The van der Waals surface area contributed by atoms with E-state index >= 15 is 0 Å². The molecule has 1 saturated heterocycles. The third-order valence-electron chi connectivity index (χ3n) is 3.60. The van der Waals surface area contributed by atoms with Crippen LogP contribution in [0.15, 0.2) is 22.5 Å². The van der Waals surface area contributed by atoms with Crippen molar-refractivity contribution in [3.8, 4) is 0 Å². The van der Waals surface area contributed by atoms with Gasteiger partial charge in [0.25, 0.3) is 0 Å². The van der Waals surface area contributed by atoms with E-state index in [9.17, 15) is 9.59 Å². The van der Waals surface area contributed by atoms with E-state index in [2.05, 4.69) is 10.2 Å². The average molecular weight is 333 g/mol. The minimum absolute atomic E-state index is 0.160. The first-order valence-corrected chi connectivity index (χ1v) is 8.56. The zero-order valence-corrected chi connectivity index (χ0v) is 14.1. The van der Waals surface area contributed by atoms with Gasteiger partial charge in [0.1, 0.15) is 10.3 Å². The van der Waals surface area contributed by atoms with Crippen LogP contribution in [-0.2, 0) is 9.59 Å². The maximum Gasteiger partial charge on any atom is 0.247 e. The van der Waals surface area contributed by atoms with Crippen LogP contribution < -0.4 is 4.90 Å². The molecule has 1 aromatic heterocycles. The highest BCUT2D eigenvalue weighted by molar-refractivity contribution is 8.02. The van der Waals surface area contributed by atoms with Crippen LogP contribution >= 0.6 is 23.1 Å². The van der Waals surface area contributed by atoms with Gasteiger partial charge in [0, 0.05) is 6.42 Å². The van der Waals surface area contributed by atoms with Gasteiger partial charge in [0.05, 0.1) is 5.69 Å². The number of hydrogen-bond donors (Lipinski definition) is 0. The monoisotopic (exact) mass is 333 g/mol. The first-order chi connectivity index (χ1) is 10.5. The Bertz CT molecular complexity index is 757. The molecule has 2 heterocycles. The lowest BCUT2D eigenvalue weighted by molar-refractivity contribution is -0.121. The number of nitrogens with zero attached hydrogens (tertiary/aromatic N) is 3. The molecule has 1 aliphatic heterocycles. The number of carbonyl (C=O) groups excluding carboxylic acids is 2. The fourth-order valence-electron chi connectivity index (χ4n) is 2.28. The summed E-state index contributed by atoms with van der Waals surface area (Å²) < 4.78 is 0.727. The topological polar surface area (TPSA) is 63.2 Å². The van der Waals surface area contributed by atoms with Crippen LogP contribution in [0, 0.1) is 20.8 Å². The van der Waals surface area contributed by atoms with Crippen molar-refractivity contribution in [1.29, 1.82) is 0 Å². The average Bonchev–Trinajstić information content (AvgIpc) is 2.98. The highest BCUT2D eigenvalue weighted by atomic mass is 32.2. The number of benzene rings is 1. The Balaban J connectivity index is 1.83. The fourth-order valence-corrected chi connectivity index (χ4v) is 4.36. The van der Waals surface area contributed by atoms with Crippen LogP contribution in [0.1, 0.15) is 22.6 Å². The molecule has 1 aromatic carbocycles. The number of aryl methyl sites for hydroxylation is 3. The molecule has 0 bridgehead atoms. The van der Waals surface area contributed by atoms with Crippen LogP contribution in [0.25, 0.3) is 0 Å². The van der Waals surface area contributed by atoms with E-state index in [-0.39, 0.29) is 18.2 Å². The highest BCUT2D eigenvalue weighted by Gasteiger charge is 2.40. The Morgan fingerprint density at radius 1 is 1.18 bits per heavy atom. The second-order valence-corrected chi connectivity index (χ2v) is 7.87. The number of aromatic nitrogens is 2. The van der Waals surface area contributed by atoms with Gasteiger partial charge in [-0.2, -0.15) is 0 Å². The van der Waals surface area contributed by atoms with E-state index in [0.717, 1.165) is 20.5 Å². The molecule has 1 atom stereocenters. The molecule has 0 N–H and O–H groups in total. The molecule has 0 radical (unpaired) electrons. The number of amides is 2. The van der Waals surface area contributed by atoms with E-state index in [1.807, 2.05) is 39.0 Å². The highest BCUT2D eigenvalue weighted by Crippen LogP contribution is 2.35. The zero-order valence-electron chi connectivity index (χ0n) is 12.5. The van der Waals surface area contributed by atoms with Crippen LogP contribution in [0.5, 0.6) is 0 Å². The van der Waals surface area contributed by atoms with Gasteiger partial charge < -0.3 is 0 Å². The number of hydrogen-bond acceptors (Lipinski definition) is 6. The number of anilines is 1. The number of imide groups is 1. The molecule has 1 aliphatic rings. The van der Waals surface area contributed by atoms with Gasteiger partial charge in [-0.05, 0) is 44.0 Å². The van der Waals surface area contributed by atoms with E-state index in [1.54, 1.807) is 0 Å².